The van der Waals surface area contributed by atoms with Crippen molar-refractivity contribution in [3.63, 3.8) is 0 Å². The van der Waals surface area contributed by atoms with Gasteiger partial charge in [0.1, 0.15) is 0 Å². The van der Waals surface area contributed by atoms with Crippen molar-refractivity contribution in [2.45, 2.75) is 43.0 Å². The van der Waals surface area contributed by atoms with E-state index in [1.807, 2.05) is 30.3 Å². The number of hydrogen-bond donors (Lipinski definition) is 1. The molecule has 2 atom stereocenters. The van der Waals surface area contributed by atoms with Crippen LogP contribution in [0.25, 0.3) is 5.69 Å². The van der Waals surface area contributed by atoms with Gasteiger partial charge in [0.25, 0.3) is 0 Å². The minimum Gasteiger partial charge on any atom is -0.352 e. The summed E-state index contributed by atoms with van der Waals surface area (Å²) >= 11 is 8.29. The van der Waals surface area contributed by atoms with Crippen LogP contribution in [0.4, 0.5) is 0 Å². The number of thioether (sulfide) groups is 1. The van der Waals surface area contributed by atoms with Gasteiger partial charge in [-0.15, -0.1) is 5.10 Å². The van der Waals surface area contributed by atoms with Gasteiger partial charge in [-0.3, -0.25) is 4.79 Å². The fourth-order valence-corrected chi connectivity index (χ4v) is 5.13. The highest BCUT2D eigenvalue weighted by Crippen LogP contribution is 2.26. The molecule has 24 heavy (non-hydrogen) atoms. The SMILES string of the molecule is C[C@H]1CCCC[C@H]1NC(=O)CSc1nn(-c2ccccc2)c(=S)s1. The second-order valence-corrected chi connectivity index (χ2v) is 8.95. The summed E-state index contributed by atoms with van der Waals surface area (Å²) in [7, 11) is 0. The molecule has 0 aliphatic heterocycles. The number of nitrogens with zero attached hydrogens (tertiary/aromatic N) is 2. The van der Waals surface area contributed by atoms with Crippen LogP contribution in [0.3, 0.4) is 0 Å². The third kappa shape index (κ3) is 4.46. The van der Waals surface area contributed by atoms with Crippen LogP contribution in [-0.4, -0.2) is 27.5 Å². The minimum absolute atomic E-state index is 0.0890. The Balaban J connectivity index is 1.57. The van der Waals surface area contributed by atoms with Crippen LogP contribution in [0.1, 0.15) is 32.6 Å². The number of aromatic nitrogens is 2. The Labute approximate surface area is 155 Å². The molecular formula is C17H21N3OS3. The van der Waals surface area contributed by atoms with Gasteiger partial charge in [-0.25, -0.2) is 4.68 Å². The molecule has 2 aromatic rings. The van der Waals surface area contributed by atoms with Gasteiger partial charge in [0, 0.05) is 6.04 Å². The molecule has 0 bridgehead atoms. The van der Waals surface area contributed by atoms with Gasteiger partial charge < -0.3 is 5.32 Å². The monoisotopic (exact) mass is 379 g/mol. The molecule has 3 rings (SSSR count). The molecule has 4 nitrogen and oxygen atoms in total. The molecular weight excluding hydrogens is 358 g/mol. The molecule has 0 unspecified atom stereocenters. The van der Waals surface area contributed by atoms with Crippen molar-refractivity contribution in [1.82, 2.24) is 15.1 Å². The summed E-state index contributed by atoms with van der Waals surface area (Å²) in [6, 6.07) is 10.2. The Kier molecular flexibility index (Phi) is 6.08. The van der Waals surface area contributed by atoms with Gasteiger partial charge in [-0.1, -0.05) is 61.1 Å². The zero-order valence-electron chi connectivity index (χ0n) is 13.6. The molecule has 1 amide bonds. The molecule has 1 aromatic heterocycles. The highest BCUT2D eigenvalue weighted by molar-refractivity contribution is 8.01. The van der Waals surface area contributed by atoms with Crippen molar-refractivity contribution >= 4 is 41.2 Å². The zero-order valence-corrected chi connectivity index (χ0v) is 16.1. The maximum Gasteiger partial charge on any atom is 0.230 e. The number of para-hydroxylation sites is 1. The van der Waals surface area contributed by atoms with E-state index < -0.39 is 0 Å². The van der Waals surface area contributed by atoms with Crippen molar-refractivity contribution in [2.24, 2.45) is 5.92 Å². The van der Waals surface area contributed by atoms with E-state index in [0.29, 0.717) is 21.7 Å². The molecule has 1 aliphatic rings. The Bertz CT molecular complexity index is 741. The molecule has 0 saturated heterocycles. The van der Waals surface area contributed by atoms with Gasteiger partial charge in [0.2, 0.25) is 5.91 Å². The Morgan fingerprint density at radius 3 is 2.88 bits per heavy atom. The molecule has 1 aliphatic carbocycles. The molecule has 128 valence electrons. The minimum atomic E-state index is 0.0890. The average molecular weight is 380 g/mol. The van der Waals surface area contributed by atoms with Crippen molar-refractivity contribution in [1.29, 1.82) is 0 Å². The van der Waals surface area contributed by atoms with Crippen molar-refractivity contribution in [2.75, 3.05) is 5.75 Å². The number of nitrogens with one attached hydrogen (secondary N) is 1. The largest absolute Gasteiger partial charge is 0.352 e. The molecule has 0 radical (unpaired) electrons. The topological polar surface area (TPSA) is 46.9 Å². The lowest BCUT2D eigenvalue weighted by atomic mass is 9.86. The normalized spacial score (nSPS) is 20.7. The second-order valence-electron chi connectivity index (χ2n) is 6.11. The van der Waals surface area contributed by atoms with E-state index in [-0.39, 0.29) is 5.91 Å². The molecule has 1 saturated carbocycles. The van der Waals surface area contributed by atoms with Crippen molar-refractivity contribution in [3.8, 4) is 5.69 Å². The highest BCUT2D eigenvalue weighted by atomic mass is 32.2. The third-order valence-corrected chi connectivity index (χ3v) is 6.68. The Morgan fingerprint density at radius 1 is 1.38 bits per heavy atom. The molecule has 1 fully saturated rings. The van der Waals surface area contributed by atoms with E-state index in [4.69, 9.17) is 12.2 Å². The predicted molar refractivity (Wildman–Crippen MR) is 103 cm³/mol. The van der Waals surface area contributed by atoms with Crippen LogP contribution < -0.4 is 5.32 Å². The number of amides is 1. The number of carbonyl (C=O) groups is 1. The van der Waals surface area contributed by atoms with Crippen LogP contribution in [0.2, 0.25) is 0 Å². The molecule has 1 N–H and O–H groups in total. The van der Waals surface area contributed by atoms with Crippen LogP contribution in [-0.2, 0) is 4.79 Å². The van der Waals surface area contributed by atoms with Crippen molar-refractivity contribution < 1.29 is 4.79 Å². The Morgan fingerprint density at radius 2 is 2.12 bits per heavy atom. The lowest BCUT2D eigenvalue weighted by Gasteiger charge is -2.29. The number of carbonyl (C=O) groups excluding carboxylic acids is 1. The standard InChI is InChI=1S/C17H21N3OS3/c1-12-7-5-6-10-14(12)18-15(21)11-23-16-19-20(17(22)24-16)13-8-3-2-4-9-13/h2-4,8-9,12,14H,5-7,10-11H2,1H3,(H,18,21)/t12-,14+/m0/s1. The van der Waals surface area contributed by atoms with Crippen LogP contribution in [0.5, 0.6) is 0 Å². The zero-order chi connectivity index (χ0) is 16.9. The summed E-state index contributed by atoms with van der Waals surface area (Å²) in [6.45, 7) is 2.23. The predicted octanol–water partition coefficient (Wildman–Crippen LogP) is 4.45. The van der Waals surface area contributed by atoms with Gasteiger partial charge in [0.15, 0.2) is 8.29 Å². The first-order valence-corrected chi connectivity index (χ1v) is 10.4. The second kappa shape index (κ2) is 8.27. The summed E-state index contributed by atoms with van der Waals surface area (Å²) in [6.07, 6.45) is 4.80. The molecule has 0 spiro atoms. The lowest BCUT2D eigenvalue weighted by Crippen LogP contribution is -2.41. The molecule has 1 aromatic carbocycles. The molecule has 7 heteroatoms. The van der Waals surface area contributed by atoms with E-state index in [1.165, 1.54) is 42.4 Å². The summed E-state index contributed by atoms with van der Waals surface area (Å²) in [5.41, 5.74) is 0.950. The van der Waals surface area contributed by atoms with Crippen LogP contribution in [0, 0.1) is 9.87 Å². The van der Waals surface area contributed by atoms with E-state index in [2.05, 4.69) is 17.3 Å². The number of hydrogen-bond acceptors (Lipinski definition) is 5. The summed E-state index contributed by atoms with van der Waals surface area (Å²) < 4.78 is 3.28. The lowest BCUT2D eigenvalue weighted by molar-refractivity contribution is -0.119. The van der Waals surface area contributed by atoms with Gasteiger partial charge in [-0.05, 0) is 43.1 Å². The summed E-state index contributed by atoms with van der Waals surface area (Å²) in [4.78, 5) is 12.2. The van der Waals surface area contributed by atoms with Crippen LogP contribution >= 0.6 is 35.3 Å². The van der Waals surface area contributed by atoms with Gasteiger partial charge in [0.05, 0.1) is 11.4 Å². The maximum absolute atomic E-state index is 12.2. The first kappa shape index (κ1) is 17.6. The Hall–Kier alpha value is -1.18. The fraction of sp³-hybridized carbons (Fsp3) is 0.471. The van der Waals surface area contributed by atoms with E-state index >= 15 is 0 Å². The summed E-state index contributed by atoms with van der Waals surface area (Å²) in [5.74, 6) is 1.05. The quantitative estimate of drug-likeness (QED) is 0.616. The number of rotatable bonds is 5. The van der Waals surface area contributed by atoms with Gasteiger partial charge in [-0.2, -0.15) is 0 Å². The van der Waals surface area contributed by atoms with Gasteiger partial charge >= 0.3 is 0 Å². The van der Waals surface area contributed by atoms with Crippen molar-refractivity contribution in [3.05, 3.63) is 34.3 Å². The van der Waals surface area contributed by atoms with E-state index in [1.54, 1.807) is 4.68 Å². The number of benzene rings is 1. The molecule has 1 heterocycles. The maximum atomic E-state index is 12.2. The fourth-order valence-electron chi connectivity index (χ4n) is 2.96. The summed E-state index contributed by atoms with van der Waals surface area (Å²) in [5, 5.41) is 7.70. The van der Waals surface area contributed by atoms with E-state index in [0.717, 1.165) is 16.4 Å². The third-order valence-electron chi connectivity index (χ3n) is 4.31. The average Bonchev–Trinajstić information content (AvgIpc) is 2.97. The smallest absolute Gasteiger partial charge is 0.230 e. The first-order chi connectivity index (χ1) is 11.6. The van der Waals surface area contributed by atoms with E-state index in [9.17, 15) is 4.79 Å². The van der Waals surface area contributed by atoms with Crippen LogP contribution in [0.15, 0.2) is 34.7 Å². The first-order valence-electron chi connectivity index (χ1n) is 8.21. The highest BCUT2D eigenvalue weighted by Gasteiger charge is 2.22.